The molecular formula is C58H89N19O21S2. The number of nitrogens with two attached hydrogens (primary N) is 6. The molecular weight excluding hydrogens is 1360 g/mol. The second kappa shape index (κ2) is 36.7. The Morgan fingerprint density at radius 3 is 2.16 bits per heavy atom. The minimum absolute atomic E-state index is 0.00324. The number of aromatic amines is 1. The molecule has 2 aliphatic heterocycles. The Morgan fingerprint density at radius 2 is 1.51 bits per heavy atom. The zero-order valence-electron chi connectivity index (χ0n) is 54.7. The van der Waals surface area contributed by atoms with Gasteiger partial charge in [0.1, 0.15) is 93.8 Å². The Hall–Kier alpha value is -7.73. The summed E-state index contributed by atoms with van der Waals surface area (Å²) in [6.07, 6.45) is -19.2. The van der Waals surface area contributed by atoms with Crippen molar-refractivity contribution in [3.05, 3.63) is 56.8 Å². The van der Waals surface area contributed by atoms with Gasteiger partial charge in [-0.3, -0.25) is 33.6 Å². The van der Waals surface area contributed by atoms with Gasteiger partial charge in [-0.05, 0) is 65.6 Å². The van der Waals surface area contributed by atoms with Gasteiger partial charge in [-0.2, -0.15) is 0 Å². The van der Waals surface area contributed by atoms with Crippen molar-refractivity contribution in [2.24, 2.45) is 34.6 Å². The summed E-state index contributed by atoms with van der Waals surface area (Å²) < 4.78 is 28.8. The molecule has 3 aliphatic rings. The van der Waals surface area contributed by atoms with E-state index in [0.29, 0.717) is 33.7 Å². The predicted octanol–water partition coefficient (Wildman–Crippen LogP) is -8.11. The second-order valence-corrected chi connectivity index (χ2v) is 26.2. The summed E-state index contributed by atoms with van der Waals surface area (Å²) in [4.78, 5) is 132. The zero-order valence-corrected chi connectivity index (χ0v) is 56.3. The van der Waals surface area contributed by atoms with Crippen molar-refractivity contribution in [2.45, 2.75) is 175 Å². The number of nitrogen functional groups attached to an aromatic ring is 1. The van der Waals surface area contributed by atoms with E-state index in [0.717, 1.165) is 44.9 Å². The standard InChI is InChI=1S/C58H89N19O21S2/c1-23-35(74-48(77-46(23)62)27(15-33(61)80)69-16-26(60)47(63)86)51(89)75-36(42(28-17-66-22-71-28)96-56-44(40(84)38(82)30(19-78)95-56)97-55-41(85)43(98-57(64)92)39(83)31(20-79)94-55)52(90)72-25(3)37(81)24(2)49(87)76-45(58(93)8-9-58)53(91)68-14-7-34-73-29(21-99-34)54-70-18-32(100-54)50(88)67-13-6-12-65-11-5-4-10-59/h17-18,21-22,24-27,30-31,36-45,55-56,65,69,78-79,81-85,93H,4-16,19-20,59-60H2,1-3H3,(H2,61,80)(H2,63,86)(H2,64,92)(H,66,71)(H,67,88)(H,68,91)(H,72,90)(H,75,89)(H,76,87)(H2,62,74,77). The first-order chi connectivity index (χ1) is 47.5. The normalized spacial score (nSPS) is 24.2. The van der Waals surface area contributed by atoms with E-state index >= 15 is 4.79 Å². The third-order valence-electron chi connectivity index (χ3n) is 16.7. The lowest BCUT2D eigenvalue weighted by Gasteiger charge is -2.47. The van der Waals surface area contributed by atoms with E-state index in [1.165, 1.54) is 49.6 Å². The van der Waals surface area contributed by atoms with Crippen LogP contribution in [0.15, 0.2) is 24.1 Å². The van der Waals surface area contributed by atoms with E-state index < -0.39 is 182 Å². The number of hydrogen-bond donors (Lipinski definition) is 22. The van der Waals surface area contributed by atoms with Crippen molar-refractivity contribution in [2.75, 3.05) is 58.2 Å². The molecule has 40 nitrogen and oxygen atoms in total. The predicted molar refractivity (Wildman–Crippen MR) is 348 cm³/mol. The Kier molecular flexibility index (Phi) is 29.2. The van der Waals surface area contributed by atoms with E-state index in [-0.39, 0.29) is 61.2 Å². The van der Waals surface area contributed by atoms with Crippen molar-refractivity contribution in [1.82, 2.24) is 67.1 Å². The van der Waals surface area contributed by atoms with E-state index in [1.807, 2.05) is 0 Å². The Balaban J connectivity index is 1.11. The molecule has 2 saturated heterocycles. The number of ether oxygens (including phenoxy) is 5. The van der Waals surface area contributed by atoms with Crippen LogP contribution in [0, 0.1) is 12.8 Å². The number of imidazole rings is 1. The topological polar surface area (TPSA) is 665 Å². The number of anilines is 1. The fourth-order valence-corrected chi connectivity index (χ4v) is 12.3. The van der Waals surface area contributed by atoms with Gasteiger partial charge in [0, 0.05) is 43.4 Å². The van der Waals surface area contributed by atoms with Crippen molar-refractivity contribution in [3.8, 4) is 10.7 Å². The number of nitrogens with one attached hydrogen (secondary N) is 8. The lowest BCUT2D eigenvalue weighted by molar-refractivity contribution is -0.372. The Bertz CT molecular complexity index is 3410. The molecule has 3 fully saturated rings. The van der Waals surface area contributed by atoms with E-state index in [4.69, 9.17) is 58.1 Å². The molecule has 28 N–H and O–H groups in total. The fourth-order valence-electron chi connectivity index (χ4n) is 10.6. The average Bonchev–Trinajstić information content (AvgIpc) is 1.11. The number of primary amides is 3. The highest BCUT2D eigenvalue weighted by molar-refractivity contribution is 7.17. The molecule has 0 spiro atoms. The maximum atomic E-state index is 15.3. The fraction of sp³-hybridized carbons (Fsp3) is 0.638. The number of thiazole rings is 2. The first-order valence-corrected chi connectivity index (χ1v) is 33.6. The van der Waals surface area contributed by atoms with Crippen molar-refractivity contribution in [1.29, 1.82) is 0 Å². The van der Waals surface area contributed by atoms with Gasteiger partial charge in [0.15, 0.2) is 18.7 Å². The van der Waals surface area contributed by atoms with Gasteiger partial charge in [-0.15, -0.1) is 22.7 Å². The van der Waals surface area contributed by atoms with Gasteiger partial charge in [-0.1, -0.05) is 6.92 Å². The summed E-state index contributed by atoms with van der Waals surface area (Å²) in [5, 5.41) is 111. The first-order valence-electron chi connectivity index (χ1n) is 31.9. The van der Waals surface area contributed by atoms with E-state index in [9.17, 15) is 74.4 Å². The molecule has 42 heteroatoms. The molecule has 6 heterocycles. The third-order valence-corrected chi connectivity index (χ3v) is 18.6. The van der Waals surface area contributed by atoms with Crippen LogP contribution in [-0.4, -0.2) is 268 Å². The largest absolute Gasteiger partial charge is 0.441 e. The quantitative estimate of drug-likeness (QED) is 0.0185. The summed E-state index contributed by atoms with van der Waals surface area (Å²) >= 11 is 2.45. The van der Waals surface area contributed by atoms with Gasteiger partial charge < -0.3 is 141 Å². The highest BCUT2D eigenvalue weighted by Gasteiger charge is 2.55. The number of H-pyrrole nitrogens is 1. The lowest BCUT2D eigenvalue weighted by atomic mass is 9.96. The van der Waals surface area contributed by atoms with Gasteiger partial charge >= 0.3 is 6.09 Å². The maximum Gasteiger partial charge on any atom is 0.404 e. The van der Waals surface area contributed by atoms with Crippen molar-refractivity contribution in [3.63, 3.8) is 0 Å². The van der Waals surface area contributed by atoms with E-state index in [1.54, 1.807) is 5.38 Å². The third kappa shape index (κ3) is 21.0. The number of amides is 8. The number of rotatable bonds is 39. The molecule has 18 unspecified atom stereocenters. The summed E-state index contributed by atoms with van der Waals surface area (Å²) in [5.74, 6) is -8.56. The number of unbranched alkanes of at least 4 members (excludes halogenated alkanes) is 1. The smallest absolute Gasteiger partial charge is 0.404 e. The second-order valence-electron chi connectivity index (χ2n) is 24.2. The maximum absolute atomic E-state index is 15.3. The van der Waals surface area contributed by atoms with Crippen LogP contribution in [0.2, 0.25) is 0 Å². The summed E-state index contributed by atoms with van der Waals surface area (Å²) in [6.45, 7) is 4.15. The Labute approximate surface area is 579 Å². The van der Waals surface area contributed by atoms with Crippen LogP contribution in [0.3, 0.4) is 0 Å². The van der Waals surface area contributed by atoms with Crippen LogP contribution in [-0.2, 0) is 54.1 Å². The molecule has 1 aliphatic carbocycles. The highest BCUT2D eigenvalue weighted by Crippen LogP contribution is 2.39. The molecule has 8 amide bonds. The van der Waals surface area contributed by atoms with Gasteiger partial charge in [0.25, 0.3) is 11.8 Å². The van der Waals surface area contributed by atoms with Crippen molar-refractivity contribution < 1.29 is 103 Å². The van der Waals surface area contributed by atoms with E-state index in [2.05, 4.69) is 67.1 Å². The molecule has 0 aromatic carbocycles. The van der Waals surface area contributed by atoms with Crippen LogP contribution >= 0.6 is 22.7 Å². The molecule has 7 rings (SSSR count). The zero-order chi connectivity index (χ0) is 73.3. The Morgan fingerprint density at radius 1 is 0.810 bits per heavy atom. The molecule has 554 valence electrons. The minimum Gasteiger partial charge on any atom is -0.441 e. The number of carbonyl (C=O) groups is 8. The number of hydrogen-bond acceptors (Lipinski definition) is 33. The number of aliphatic hydroxyl groups excluding tert-OH is 7. The van der Waals surface area contributed by atoms with Gasteiger partial charge in [0.2, 0.25) is 29.5 Å². The van der Waals surface area contributed by atoms with Crippen LogP contribution in [0.1, 0.15) is 107 Å². The number of aliphatic hydroxyl groups is 8. The van der Waals surface area contributed by atoms with Gasteiger partial charge in [0.05, 0.1) is 78.4 Å². The minimum atomic E-state index is -2.20. The summed E-state index contributed by atoms with van der Waals surface area (Å²) in [6, 6.07) is -7.80. The van der Waals surface area contributed by atoms with Crippen LogP contribution in [0.4, 0.5) is 10.6 Å². The molecule has 0 radical (unpaired) electrons. The monoisotopic (exact) mass is 1450 g/mol. The number of nitrogens with zero attached hydrogens (tertiary/aromatic N) is 5. The van der Waals surface area contributed by atoms with Crippen LogP contribution in [0.25, 0.3) is 10.7 Å². The first kappa shape index (κ1) is 79.6. The molecule has 18 atom stereocenters. The average molecular weight is 1450 g/mol. The number of aromatic nitrogens is 6. The molecule has 0 bridgehead atoms. The van der Waals surface area contributed by atoms with Gasteiger partial charge in [-0.25, -0.2) is 29.7 Å². The molecule has 1 saturated carbocycles. The van der Waals surface area contributed by atoms with Crippen molar-refractivity contribution >= 4 is 75.9 Å². The lowest BCUT2D eigenvalue weighted by Crippen LogP contribution is -2.65. The summed E-state index contributed by atoms with van der Waals surface area (Å²) in [5.41, 5.74) is 31.7. The van der Waals surface area contributed by atoms with Crippen LogP contribution < -0.4 is 71.6 Å². The molecule has 4 aromatic rings. The SMILES string of the molecule is Cc1c(N)nc(C(CC(N)=O)NCC(N)C(N)=O)nc1C(=O)NC(C(=O)NC(C)C(O)C(C)C(=O)NC(C(=O)NCCc1nc(-c2ncc(C(=O)NCCCNCCCCN)s2)cs1)C1(O)CC1)C(OC1OC(CO)C(O)C(O)C1OC1OC(CO)C(O)C(OC(N)=O)C1O)c1cnc[nH]1. The van der Waals surface area contributed by atoms with Crippen LogP contribution in [0.5, 0.6) is 0 Å². The highest BCUT2D eigenvalue weighted by atomic mass is 32.1. The molecule has 4 aromatic heterocycles. The summed E-state index contributed by atoms with van der Waals surface area (Å²) in [7, 11) is 0. The number of carbonyl (C=O) groups excluding carboxylic acids is 8. The molecule has 100 heavy (non-hydrogen) atoms.